The van der Waals surface area contributed by atoms with E-state index in [2.05, 4.69) is 10.1 Å². The van der Waals surface area contributed by atoms with Crippen molar-refractivity contribution in [3.63, 3.8) is 0 Å². The van der Waals surface area contributed by atoms with Gasteiger partial charge in [0.1, 0.15) is 11.5 Å². The summed E-state index contributed by atoms with van der Waals surface area (Å²) in [6, 6.07) is 6.46. The van der Waals surface area contributed by atoms with Crippen LogP contribution in [0.1, 0.15) is 35.0 Å². The Labute approximate surface area is 191 Å². The largest absolute Gasteiger partial charge is 0.507 e. The number of nitrogens with zero attached hydrogens (tertiary/aromatic N) is 5. The van der Waals surface area contributed by atoms with E-state index in [0.717, 1.165) is 0 Å². The molecule has 0 bridgehead atoms. The van der Waals surface area contributed by atoms with Crippen LogP contribution in [-0.4, -0.2) is 54.7 Å². The summed E-state index contributed by atoms with van der Waals surface area (Å²) in [6.45, 7) is 4.55. The van der Waals surface area contributed by atoms with Crippen molar-refractivity contribution >= 4 is 17.4 Å². The Morgan fingerprint density at radius 2 is 1.94 bits per heavy atom. The number of ketones is 1. The number of aryl methyl sites for hydroxylation is 3. The first kappa shape index (κ1) is 22.3. The van der Waals surface area contributed by atoms with E-state index in [1.165, 1.54) is 4.90 Å². The van der Waals surface area contributed by atoms with E-state index in [0.29, 0.717) is 47.8 Å². The molecule has 0 radical (unpaired) electrons. The van der Waals surface area contributed by atoms with Gasteiger partial charge in [-0.2, -0.15) is 5.10 Å². The third kappa shape index (κ3) is 3.90. The Morgan fingerprint density at radius 1 is 1.18 bits per heavy atom. The van der Waals surface area contributed by atoms with E-state index in [4.69, 9.17) is 4.74 Å². The molecule has 1 atom stereocenters. The summed E-state index contributed by atoms with van der Waals surface area (Å²) in [7, 11) is 3.31. The fraction of sp³-hybridized carbons (Fsp3) is 0.333. The van der Waals surface area contributed by atoms with E-state index < -0.39 is 17.7 Å². The molecule has 9 heteroatoms. The zero-order chi connectivity index (χ0) is 23.7. The predicted octanol–water partition coefficient (Wildman–Crippen LogP) is 2.75. The van der Waals surface area contributed by atoms with Crippen LogP contribution >= 0.6 is 0 Å². The molecule has 9 nitrogen and oxygen atoms in total. The maximum atomic E-state index is 13.2. The fourth-order valence-corrected chi connectivity index (χ4v) is 4.42. The number of hydrogen-bond acceptors (Lipinski definition) is 6. The molecule has 3 heterocycles. The SMILES string of the molecule is COc1ccccc1[C@@H]1/C(=C(\O)c2c(C)nn(C)c2C)C(=O)C(=O)N1CCCn1ccnc1. The maximum absolute atomic E-state index is 13.2. The first-order valence-corrected chi connectivity index (χ1v) is 10.7. The van der Waals surface area contributed by atoms with Gasteiger partial charge < -0.3 is 19.3 Å². The van der Waals surface area contributed by atoms with Crippen LogP contribution in [0.15, 0.2) is 48.6 Å². The Morgan fingerprint density at radius 3 is 2.58 bits per heavy atom. The van der Waals surface area contributed by atoms with Crippen LogP contribution < -0.4 is 4.74 Å². The molecule has 1 aliphatic heterocycles. The van der Waals surface area contributed by atoms with Gasteiger partial charge in [0.05, 0.1) is 36.3 Å². The van der Waals surface area contributed by atoms with Crippen LogP contribution in [0.2, 0.25) is 0 Å². The maximum Gasteiger partial charge on any atom is 0.295 e. The van der Waals surface area contributed by atoms with Crippen LogP contribution in [0.3, 0.4) is 0 Å². The first-order valence-electron chi connectivity index (χ1n) is 10.7. The number of likely N-dealkylation sites (tertiary alicyclic amines) is 1. The molecule has 4 rings (SSSR count). The number of ether oxygens (including phenoxy) is 1. The van der Waals surface area contributed by atoms with Gasteiger partial charge in [-0.3, -0.25) is 14.3 Å². The number of Topliss-reactive ketones (excluding diaryl/α,β-unsaturated/α-hetero) is 1. The van der Waals surface area contributed by atoms with Gasteiger partial charge in [0.2, 0.25) is 0 Å². The van der Waals surface area contributed by atoms with Gasteiger partial charge in [0, 0.05) is 43.8 Å². The molecule has 1 fully saturated rings. The van der Waals surface area contributed by atoms with Crippen molar-refractivity contribution in [2.24, 2.45) is 7.05 Å². The Balaban J connectivity index is 1.82. The number of para-hydroxylation sites is 1. The molecule has 0 aliphatic carbocycles. The van der Waals surface area contributed by atoms with Gasteiger partial charge in [-0.25, -0.2) is 4.98 Å². The molecule has 1 N–H and O–H groups in total. The fourth-order valence-electron chi connectivity index (χ4n) is 4.42. The number of rotatable bonds is 7. The van der Waals surface area contributed by atoms with Crippen LogP contribution in [-0.2, 0) is 23.2 Å². The van der Waals surface area contributed by atoms with Crippen molar-refractivity contribution in [3.05, 3.63) is 71.1 Å². The molecule has 0 saturated carbocycles. The summed E-state index contributed by atoms with van der Waals surface area (Å²) >= 11 is 0. The molecular weight excluding hydrogens is 422 g/mol. The summed E-state index contributed by atoms with van der Waals surface area (Å²) in [4.78, 5) is 31.9. The number of aromatic nitrogens is 4. The minimum absolute atomic E-state index is 0.0475. The average Bonchev–Trinajstić information content (AvgIpc) is 3.47. The lowest BCUT2D eigenvalue weighted by Gasteiger charge is -2.26. The topological polar surface area (TPSA) is 102 Å². The van der Waals surface area contributed by atoms with E-state index in [1.807, 2.05) is 35.9 Å². The zero-order valence-corrected chi connectivity index (χ0v) is 19.1. The number of amides is 1. The van der Waals surface area contributed by atoms with Crippen LogP contribution in [0.4, 0.5) is 0 Å². The van der Waals surface area contributed by atoms with Gasteiger partial charge >= 0.3 is 0 Å². The van der Waals surface area contributed by atoms with Crippen molar-refractivity contribution < 1.29 is 19.4 Å². The van der Waals surface area contributed by atoms with Gasteiger partial charge in [-0.15, -0.1) is 0 Å². The highest BCUT2D eigenvalue weighted by molar-refractivity contribution is 6.46. The van der Waals surface area contributed by atoms with Crippen LogP contribution in [0.25, 0.3) is 5.76 Å². The van der Waals surface area contributed by atoms with Crippen molar-refractivity contribution in [1.29, 1.82) is 0 Å². The molecule has 1 saturated heterocycles. The average molecular weight is 450 g/mol. The molecule has 1 aromatic carbocycles. The molecule has 33 heavy (non-hydrogen) atoms. The van der Waals surface area contributed by atoms with Crippen molar-refractivity contribution in [2.45, 2.75) is 32.9 Å². The molecular formula is C24H27N5O4. The van der Waals surface area contributed by atoms with Crippen molar-refractivity contribution in [2.75, 3.05) is 13.7 Å². The van der Waals surface area contributed by atoms with Gasteiger partial charge in [-0.1, -0.05) is 18.2 Å². The number of carbonyl (C=O) groups excluding carboxylic acids is 2. The van der Waals surface area contributed by atoms with Gasteiger partial charge in [-0.05, 0) is 26.3 Å². The second-order valence-electron chi connectivity index (χ2n) is 8.06. The number of aliphatic hydroxyl groups is 1. The lowest BCUT2D eigenvalue weighted by atomic mass is 9.94. The molecule has 1 aliphatic rings. The standard InChI is InChI=1S/C24H27N5O4/c1-15-19(16(2)27(3)26-15)22(30)20-21(17-8-5-6-9-18(17)33-4)29(24(32)23(20)31)12-7-11-28-13-10-25-14-28/h5-6,8-10,13-14,21,30H,7,11-12H2,1-4H3/b22-20+/t21-/m1/s1. The molecule has 172 valence electrons. The first-order chi connectivity index (χ1) is 15.8. The Bertz CT molecular complexity index is 1230. The lowest BCUT2D eigenvalue weighted by Crippen LogP contribution is -2.31. The monoisotopic (exact) mass is 449 g/mol. The lowest BCUT2D eigenvalue weighted by molar-refractivity contribution is -0.140. The second kappa shape index (κ2) is 8.93. The summed E-state index contributed by atoms with van der Waals surface area (Å²) in [5.41, 5.74) is 2.44. The third-order valence-corrected chi connectivity index (χ3v) is 6.09. The van der Waals surface area contributed by atoms with Crippen molar-refractivity contribution in [1.82, 2.24) is 24.2 Å². The minimum Gasteiger partial charge on any atom is -0.507 e. The van der Waals surface area contributed by atoms with E-state index in [9.17, 15) is 14.7 Å². The minimum atomic E-state index is -0.775. The van der Waals surface area contributed by atoms with Gasteiger partial charge in [0.15, 0.2) is 0 Å². The number of methoxy groups -OCH3 is 1. The summed E-state index contributed by atoms with van der Waals surface area (Å²) < 4.78 is 9.10. The summed E-state index contributed by atoms with van der Waals surface area (Å²) in [6.07, 6.45) is 5.86. The quantitative estimate of drug-likeness (QED) is 0.338. The zero-order valence-electron chi connectivity index (χ0n) is 19.1. The molecule has 3 aromatic rings. The van der Waals surface area contributed by atoms with Crippen molar-refractivity contribution in [3.8, 4) is 5.75 Å². The third-order valence-electron chi connectivity index (χ3n) is 6.09. The second-order valence-corrected chi connectivity index (χ2v) is 8.06. The summed E-state index contributed by atoms with van der Waals surface area (Å²) in [5, 5.41) is 15.7. The number of carbonyl (C=O) groups is 2. The highest BCUT2D eigenvalue weighted by atomic mass is 16.5. The highest BCUT2D eigenvalue weighted by Crippen LogP contribution is 2.43. The normalized spacial score (nSPS) is 17.7. The number of hydrogen-bond donors (Lipinski definition) is 1. The Kier molecular flexibility index (Phi) is 6.04. The Hall–Kier alpha value is -3.88. The predicted molar refractivity (Wildman–Crippen MR) is 122 cm³/mol. The molecule has 2 aromatic heterocycles. The van der Waals surface area contributed by atoms with Crippen LogP contribution in [0.5, 0.6) is 5.75 Å². The molecule has 0 spiro atoms. The van der Waals surface area contributed by atoms with Crippen LogP contribution in [0, 0.1) is 13.8 Å². The number of benzene rings is 1. The van der Waals surface area contributed by atoms with Gasteiger partial charge in [0.25, 0.3) is 11.7 Å². The number of imidazole rings is 1. The van der Waals surface area contributed by atoms with E-state index >= 15 is 0 Å². The molecule has 0 unspecified atom stereocenters. The highest BCUT2D eigenvalue weighted by Gasteiger charge is 2.47. The van der Waals surface area contributed by atoms with E-state index in [1.54, 1.807) is 44.4 Å². The van der Waals surface area contributed by atoms with E-state index in [-0.39, 0.29) is 11.3 Å². The summed E-state index contributed by atoms with van der Waals surface area (Å²) in [5.74, 6) is -1.04. The molecule has 1 amide bonds. The smallest absolute Gasteiger partial charge is 0.295 e. The number of aliphatic hydroxyl groups excluding tert-OH is 1.